The first-order valence-corrected chi connectivity index (χ1v) is 12.8. The van der Waals surface area contributed by atoms with Gasteiger partial charge in [-0.1, -0.05) is 24.3 Å². The van der Waals surface area contributed by atoms with Crippen LogP contribution in [0.3, 0.4) is 0 Å². The molecule has 0 spiro atoms. The lowest BCUT2D eigenvalue weighted by molar-refractivity contribution is -0.188. The van der Waals surface area contributed by atoms with Gasteiger partial charge in [0, 0.05) is 33.2 Å². The van der Waals surface area contributed by atoms with Crippen molar-refractivity contribution in [3.8, 4) is 5.75 Å². The number of nitrogens with one attached hydrogen (secondary N) is 1. The molecule has 3 fully saturated rings. The quantitative estimate of drug-likeness (QED) is 0.595. The summed E-state index contributed by atoms with van der Waals surface area (Å²) >= 11 is 0. The molecule has 3 heterocycles. The molecule has 0 aliphatic carbocycles. The van der Waals surface area contributed by atoms with E-state index in [2.05, 4.69) is 5.32 Å². The Balaban J connectivity index is 1.41. The van der Waals surface area contributed by atoms with Gasteiger partial charge in [-0.25, -0.2) is 19.2 Å². The number of hydrazine groups is 1. The first-order chi connectivity index (χ1) is 18.3. The maximum atomic E-state index is 13.7. The molecule has 2 aromatic rings. The summed E-state index contributed by atoms with van der Waals surface area (Å²) in [6.45, 7) is 1.31. The van der Waals surface area contributed by atoms with Crippen LogP contribution in [0.25, 0.3) is 0 Å². The second kappa shape index (κ2) is 11.0. The number of aromatic hydroxyl groups is 1. The van der Waals surface area contributed by atoms with E-state index in [9.17, 15) is 23.9 Å². The average Bonchev–Trinajstić information content (AvgIpc) is 3.40. The van der Waals surface area contributed by atoms with Crippen LogP contribution in [-0.2, 0) is 27.3 Å². The minimum atomic E-state index is -0.812. The molecule has 3 aliphatic rings. The summed E-state index contributed by atoms with van der Waals surface area (Å²) in [5, 5.41) is 15.6. The number of hydrogen-bond acceptors (Lipinski definition) is 6. The highest BCUT2D eigenvalue weighted by Crippen LogP contribution is 2.29. The minimum absolute atomic E-state index is 0.0639. The minimum Gasteiger partial charge on any atom is -0.508 e. The molecule has 202 valence electrons. The van der Waals surface area contributed by atoms with Crippen molar-refractivity contribution in [2.45, 2.75) is 44.1 Å². The molecule has 3 saturated heterocycles. The third-order valence-electron chi connectivity index (χ3n) is 7.32. The van der Waals surface area contributed by atoms with Gasteiger partial charge in [0.2, 0.25) is 11.8 Å². The SMILES string of the molecule is CN1CC(=O)N2C(Cc3ccc(O)cc3)C(=O)N(CC3CCCO3)C[C@@H]2N1C(=O)NCc1ccc(F)cc1. The van der Waals surface area contributed by atoms with Crippen molar-refractivity contribution < 1.29 is 28.6 Å². The molecular formula is C27H32FN5O5. The number of fused-ring (bicyclic) bond motifs is 1. The molecule has 38 heavy (non-hydrogen) atoms. The molecule has 0 bridgehead atoms. The lowest BCUT2D eigenvalue weighted by atomic mass is 9.98. The number of phenols is 1. The van der Waals surface area contributed by atoms with Gasteiger partial charge in [-0.2, -0.15) is 0 Å². The maximum absolute atomic E-state index is 13.7. The Hall–Kier alpha value is -3.70. The summed E-state index contributed by atoms with van der Waals surface area (Å²) in [7, 11) is 1.67. The van der Waals surface area contributed by atoms with Gasteiger partial charge in [-0.05, 0) is 48.2 Å². The molecular weight excluding hydrogens is 493 g/mol. The number of rotatable bonds is 6. The van der Waals surface area contributed by atoms with E-state index in [1.807, 2.05) is 0 Å². The Morgan fingerprint density at radius 3 is 2.50 bits per heavy atom. The monoisotopic (exact) mass is 525 g/mol. The highest BCUT2D eigenvalue weighted by atomic mass is 19.1. The van der Waals surface area contributed by atoms with E-state index in [-0.39, 0.29) is 55.5 Å². The highest BCUT2D eigenvalue weighted by Gasteiger charge is 2.51. The number of phenolic OH excluding ortho intramolecular Hbond substituents is 1. The van der Waals surface area contributed by atoms with Gasteiger partial charge < -0.3 is 25.0 Å². The van der Waals surface area contributed by atoms with Gasteiger partial charge >= 0.3 is 6.03 Å². The van der Waals surface area contributed by atoms with Crippen LogP contribution < -0.4 is 5.32 Å². The Bertz CT molecular complexity index is 1170. The van der Waals surface area contributed by atoms with Gasteiger partial charge in [0.15, 0.2) is 0 Å². The number of piperazine rings is 1. The number of carbonyl (C=O) groups excluding carboxylic acids is 3. The largest absolute Gasteiger partial charge is 0.508 e. The van der Waals surface area contributed by atoms with Crippen LogP contribution in [0.2, 0.25) is 0 Å². The zero-order chi connectivity index (χ0) is 26.8. The number of benzene rings is 2. The van der Waals surface area contributed by atoms with Crippen LogP contribution >= 0.6 is 0 Å². The fraction of sp³-hybridized carbons (Fsp3) is 0.444. The van der Waals surface area contributed by atoms with E-state index in [1.165, 1.54) is 22.0 Å². The van der Waals surface area contributed by atoms with E-state index in [0.717, 1.165) is 24.0 Å². The van der Waals surface area contributed by atoms with Crippen molar-refractivity contribution in [3.63, 3.8) is 0 Å². The smallest absolute Gasteiger partial charge is 0.334 e. The standard InChI is InChI=1S/C27H32FN5O5/c1-30-17-25(35)32-23(13-18-6-10-21(34)11-7-18)26(36)31(15-22-3-2-12-38-22)16-24(32)33(30)27(37)29-14-19-4-8-20(28)9-5-19/h4-11,22-24,34H,2-3,12-17H2,1H3,(H,29,37)/t22?,23?,24-/m0/s1. The number of nitrogens with zero attached hydrogens (tertiary/aromatic N) is 4. The maximum Gasteiger partial charge on any atom is 0.334 e. The van der Waals surface area contributed by atoms with Gasteiger partial charge in [-0.15, -0.1) is 0 Å². The van der Waals surface area contributed by atoms with Crippen LogP contribution in [0.4, 0.5) is 9.18 Å². The van der Waals surface area contributed by atoms with Gasteiger partial charge in [0.1, 0.15) is 23.8 Å². The summed E-state index contributed by atoms with van der Waals surface area (Å²) < 4.78 is 19.1. The number of hydrogen-bond donors (Lipinski definition) is 2. The summed E-state index contributed by atoms with van der Waals surface area (Å²) in [5.41, 5.74) is 1.52. The summed E-state index contributed by atoms with van der Waals surface area (Å²) in [6, 6.07) is 11.2. The van der Waals surface area contributed by atoms with Crippen molar-refractivity contribution in [3.05, 3.63) is 65.5 Å². The van der Waals surface area contributed by atoms with Crippen molar-refractivity contribution >= 4 is 17.8 Å². The Morgan fingerprint density at radius 2 is 1.82 bits per heavy atom. The average molecular weight is 526 g/mol. The molecule has 3 atom stereocenters. The zero-order valence-corrected chi connectivity index (χ0v) is 21.3. The molecule has 2 aromatic carbocycles. The van der Waals surface area contributed by atoms with Gasteiger partial charge in [0.05, 0.1) is 19.2 Å². The van der Waals surface area contributed by atoms with E-state index < -0.39 is 18.2 Å². The van der Waals surface area contributed by atoms with Gasteiger partial charge in [0.25, 0.3) is 0 Å². The lowest BCUT2D eigenvalue weighted by Crippen LogP contribution is -2.76. The number of urea groups is 1. The number of carbonyl (C=O) groups is 3. The third kappa shape index (κ3) is 5.44. The lowest BCUT2D eigenvalue weighted by Gasteiger charge is -2.54. The van der Waals surface area contributed by atoms with E-state index in [1.54, 1.807) is 53.4 Å². The second-order valence-electron chi connectivity index (χ2n) is 9.99. The van der Waals surface area contributed by atoms with Gasteiger partial charge in [-0.3, -0.25) is 9.59 Å². The first kappa shape index (κ1) is 25.9. The van der Waals surface area contributed by atoms with Crippen molar-refractivity contribution in [1.82, 2.24) is 25.1 Å². The number of amides is 4. The fourth-order valence-electron chi connectivity index (χ4n) is 5.42. The summed E-state index contributed by atoms with van der Waals surface area (Å²) in [5.74, 6) is -0.674. The third-order valence-corrected chi connectivity index (χ3v) is 7.32. The topological polar surface area (TPSA) is 106 Å². The molecule has 11 heteroatoms. The molecule has 2 unspecified atom stereocenters. The molecule has 2 N–H and O–H groups in total. The van der Waals surface area contributed by atoms with Crippen molar-refractivity contribution in [1.29, 1.82) is 0 Å². The molecule has 4 amide bonds. The molecule has 3 aliphatic heterocycles. The Morgan fingerprint density at radius 1 is 1.11 bits per heavy atom. The summed E-state index contributed by atoms with van der Waals surface area (Å²) in [4.78, 5) is 43.8. The number of likely N-dealkylation sites (N-methyl/N-ethyl adjacent to an activating group) is 1. The second-order valence-corrected chi connectivity index (χ2v) is 9.99. The van der Waals surface area contributed by atoms with E-state index in [4.69, 9.17) is 4.74 Å². The van der Waals surface area contributed by atoms with Crippen LogP contribution in [0.5, 0.6) is 5.75 Å². The Labute approximate surface area is 220 Å². The molecule has 0 saturated carbocycles. The predicted molar refractivity (Wildman–Crippen MR) is 135 cm³/mol. The van der Waals surface area contributed by atoms with E-state index >= 15 is 0 Å². The molecule has 0 aromatic heterocycles. The predicted octanol–water partition coefficient (Wildman–Crippen LogP) is 1.69. The number of halogens is 1. The molecule has 5 rings (SSSR count). The Kier molecular flexibility index (Phi) is 7.48. The van der Waals surface area contributed by atoms with Crippen LogP contribution in [0, 0.1) is 5.82 Å². The zero-order valence-electron chi connectivity index (χ0n) is 21.3. The fourth-order valence-corrected chi connectivity index (χ4v) is 5.42. The molecule has 10 nitrogen and oxygen atoms in total. The number of ether oxygens (including phenoxy) is 1. The van der Waals surface area contributed by atoms with Crippen molar-refractivity contribution in [2.24, 2.45) is 0 Å². The summed E-state index contributed by atoms with van der Waals surface area (Å²) in [6.07, 6.45) is 1.23. The molecule has 0 radical (unpaired) electrons. The highest BCUT2D eigenvalue weighted by molar-refractivity contribution is 5.91. The van der Waals surface area contributed by atoms with Crippen LogP contribution in [0.1, 0.15) is 24.0 Å². The van der Waals surface area contributed by atoms with E-state index in [0.29, 0.717) is 13.2 Å². The van der Waals surface area contributed by atoms with Crippen molar-refractivity contribution in [2.75, 3.05) is 33.3 Å². The first-order valence-electron chi connectivity index (χ1n) is 12.8. The normalized spacial score (nSPS) is 24.1. The van der Waals surface area contributed by atoms with Crippen LogP contribution in [-0.4, -0.2) is 94.4 Å². The van der Waals surface area contributed by atoms with Crippen LogP contribution in [0.15, 0.2) is 48.5 Å².